The Morgan fingerprint density at radius 2 is 1.97 bits per heavy atom. The molecule has 1 heterocycles. The van der Waals surface area contributed by atoms with Gasteiger partial charge in [0.05, 0.1) is 35.1 Å². The second-order valence-corrected chi connectivity index (χ2v) is 7.93. The minimum Gasteiger partial charge on any atom is -0.397 e. The summed E-state index contributed by atoms with van der Waals surface area (Å²) in [6, 6.07) is 3.07. The fourth-order valence-electron chi connectivity index (χ4n) is 3.91. The van der Waals surface area contributed by atoms with E-state index < -0.39 is 12.1 Å². The maximum Gasteiger partial charge on any atom is 0.391 e. The third-order valence-electron chi connectivity index (χ3n) is 5.80. The Morgan fingerprint density at radius 1 is 1.29 bits per heavy atom. The van der Waals surface area contributed by atoms with Crippen LogP contribution in [0.4, 0.5) is 30.2 Å². The summed E-state index contributed by atoms with van der Waals surface area (Å²) in [6.45, 7) is 0.403. The molecule has 0 unspecified atom stereocenters. The number of nitrogens with zero attached hydrogens (tertiary/aromatic N) is 4. The number of anilines is 3. The molecule has 0 aliphatic heterocycles. The average Bonchev–Trinajstić information content (AvgIpc) is 3.11. The van der Waals surface area contributed by atoms with Crippen LogP contribution in [0.25, 0.3) is 0 Å². The molecule has 1 aromatic carbocycles. The lowest BCUT2D eigenvalue weighted by atomic mass is 9.85. The van der Waals surface area contributed by atoms with Crippen molar-refractivity contribution in [1.82, 2.24) is 20.1 Å². The van der Waals surface area contributed by atoms with Gasteiger partial charge in [-0.25, -0.2) is 4.98 Å². The molecule has 1 amide bonds. The van der Waals surface area contributed by atoms with Crippen LogP contribution in [0.15, 0.2) is 18.5 Å². The number of aryl methyl sites for hydroxylation is 1. The number of nitrogens with one attached hydrogen (secondary N) is 2. The van der Waals surface area contributed by atoms with Crippen molar-refractivity contribution in [1.29, 1.82) is 0 Å². The molecule has 31 heavy (non-hydrogen) atoms. The van der Waals surface area contributed by atoms with E-state index in [9.17, 15) is 18.0 Å². The number of halogens is 3. The van der Waals surface area contributed by atoms with Gasteiger partial charge >= 0.3 is 6.18 Å². The highest BCUT2D eigenvalue weighted by Crippen LogP contribution is 2.38. The summed E-state index contributed by atoms with van der Waals surface area (Å²) in [6.07, 6.45) is -2.09. The molecule has 2 aromatic rings. The van der Waals surface area contributed by atoms with Gasteiger partial charge in [0, 0.05) is 27.2 Å². The zero-order chi connectivity index (χ0) is 22.8. The number of nitrogens with two attached hydrogens (primary N) is 1. The third-order valence-corrected chi connectivity index (χ3v) is 5.80. The molecule has 170 valence electrons. The molecule has 11 heteroatoms. The van der Waals surface area contributed by atoms with E-state index in [-0.39, 0.29) is 24.8 Å². The Hall–Kier alpha value is -2.98. The van der Waals surface area contributed by atoms with Gasteiger partial charge in [-0.3, -0.25) is 9.48 Å². The van der Waals surface area contributed by atoms with Crippen LogP contribution in [0.1, 0.15) is 41.9 Å². The van der Waals surface area contributed by atoms with Crippen LogP contribution in [0, 0.1) is 5.92 Å². The zero-order valence-corrected chi connectivity index (χ0v) is 17.8. The lowest BCUT2D eigenvalue weighted by molar-refractivity contribution is -0.182. The van der Waals surface area contributed by atoms with Gasteiger partial charge in [0.1, 0.15) is 12.2 Å². The molecule has 0 radical (unpaired) electrons. The summed E-state index contributed by atoms with van der Waals surface area (Å²) in [4.78, 5) is 19.1. The summed E-state index contributed by atoms with van der Waals surface area (Å²) in [5.41, 5.74) is 8.15. The monoisotopic (exact) mass is 439 g/mol. The first-order valence-electron chi connectivity index (χ1n) is 10.1. The molecule has 4 N–H and O–H groups in total. The molecule has 1 fully saturated rings. The molecule has 0 atom stereocenters. The molecule has 0 saturated heterocycles. The standard InChI is InChI=1S/C20H28F3N7O/c1-25-16-9-17(29(2)10-18-26-11-27-30(18)3)14(8-15(16)24)19(31)28-13-6-4-12(5-7-13)20(21,22)23/h8-9,11-13,25H,4-7,10,24H2,1-3H3,(H,28,31). The fourth-order valence-corrected chi connectivity index (χ4v) is 3.91. The van der Waals surface area contributed by atoms with E-state index in [0.29, 0.717) is 47.8 Å². The SMILES string of the molecule is CNc1cc(N(C)Cc2ncnn2C)c(C(=O)NC2CCC(C(F)(F)F)CC2)cc1N. The summed E-state index contributed by atoms with van der Waals surface area (Å²) >= 11 is 0. The largest absolute Gasteiger partial charge is 0.397 e. The second kappa shape index (κ2) is 9.03. The van der Waals surface area contributed by atoms with E-state index in [0.717, 1.165) is 0 Å². The Morgan fingerprint density at radius 3 is 2.52 bits per heavy atom. The number of amides is 1. The van der Waals surface area contributed by atoms with E-state index in [1.165, 1.54) is 6.33 Å². The normalized spacial score (nSPS) is 19.2. The molecule has 0 spiro atoms. The van der Waals surface area contributed by atoms with Crippen LogP contribution in [-0.4, -0.2) is 47.0 Å². The Labute approximate surface area is 179 Å². The first kappa shape index (κ1) is 22.7. The van der Waals surface area contributed by atoms with Crippen molar-refractivity contribution < 1.29 is 18.0 Å². The van der Waals surface area contributed by atoms with Crippen molar-refractivity contribution in [2.75, 3.05) is 30.0 Å². The smallest absolute Gasteiger partial charge is 0.391 e. The average molecular weight is 439 g/mol. The van der Waals surface area contributed by atoms with Gasteiger partial charge in [-0.1, -0.05) is 0 Å². The van der Waals surface area contributed by atoms with Gasteiger partial charge in [0.25, 0.3) is 5.91 Å². The molecule has 1 aliphatic carbocycles. The van der Waals surface area contributed by atoms with Crippen LogP contribution in [-0.2, 0) is 13.6 Å². The number of carbonyl (C=O) groups is 1. The Balaban J connectivity index is 1.78. The van der Waals surface area contributed by atoms with Gasteiger partial charge in [0.15, 0.2) is 0 Å². The fraction of sp³-hybridized carbons (Fsp3) is 0.550. The maximum absolute atomic E-state index is 13.1. The highest BCUT2D eigenvalue weighted by molar-refractivity contribution is 6.02. The second-order valence-electron chi connectivity index (χ2n) is 7.93. The molecule has 1 aliphatic rings. The molecule has 0 bridgehead atoms. The van der Waals surface area contributed by atoms with E-state index in [1.807, 2.05) is 11.9 Å². The van der Waals surface area contributed by atoms with Crippen LogP contribution >= 0.6 is 0 Å². The van der Waals surface area contributed by atoms with Crippen LogP contribution in [0.5, 0.6) is 0 Å². The Bertz CT molecular complexity index is 920. The van der Waals surface area contributed by atoms with E-state index in [2.05, 4.69) is 20.7 Å². The predicted molar refractivity (Wildman–Crippen MR) is 113 cm³/mol. The highest BCUT2D eigenvalue weighted by Gasteiger charge is 2.41. The van der Waals surface area contributed by atoms with Crippen molar-refractivity contribution in [3.8, 4) is 0 Å². The number of hydrogen-bond donors (Lipinski definition) is 3. The van der Waals surface area contributed by atoms with Gasteiger partial charge in [-0.2, -0.15) is 18.3 Å². The number of benzene rings is 1. The summed E-state index contributed by atoms with van der Waals surface area (Å²) in [7, 11) is 5.34. The molecule has 8 nitrogen and oxygen atoms in total. The highest BCUT2D eigenvalue weighted by atomic mass is 19.4. The lowest BCUT2D eigenvalue weighted by Gasteiger charge is -2.31. The van der Waals surface area contributed by atoms with Crippen molar-refractivity contribution in [3.05, 3.63) is 29.8 Å². The number of carbonyl (C=O) groups excluding carboxylic acids is 1. The van der Waals surface area contributed by atoms with E-state index in [1.54, 1.807) is 30.9 Å². The number of rotatable bonds is 6. The van der Waals surface area contributed by atoms with Gasteiger partial charge in [0.2, 0.25) is 0 Å². The number of hydrogen-bond acceptors (Lipinski definition) is 6. The molecule has 3 rings (SSSR count). The van der Waals surface area contributed by atoms with Gasteiger partial charge in [-0.05, 0) is 37.8 Å². The van der Waals surface area contributed by atoms with Crippen LogP contribution in [0.2, 0.25) is 0 Å². The quantitative estimate of drug-likeness (QED) is 0.599. The van der Waals surface area contributed by atoms with Gasteiger partial charge < -0.3 is 21.3 Å². The summed E-state index contributed by atoms with van der Waals surface area (Å²) in [5, 5.41) is 9.96. The summed E-state index contributed by atoms with van der Waals surface area (Å²) in [5.74, 6) is -0.939. The third kappa shape index (κ3) is 5.20. The first-order valence-corrected chi connectivity index (χ1v) is 10.1. The van der Waals surface area contributed by atoms with E-state index >= 15 is 0 Å². The lowest BCUT2D eigenvalue weighted by Crippen LogP contribution is -2.40. The van der Waals surface area contributed by atoms with Crippen LogP contribution < -0.4 is 21.3 Å². The molecular weight excluding hydrogens is 411 g/mol. The van der Waals surface area contributed by atoms with Crippen molar-refractivity contribution >= 4 is 23.0 Å². The van der Waals surface area contributed by atoms with Gasteiger partial charge in [-0.15, -0.1) is 0 Å². The zero-order valence-electron chi connectivity index (χ0n) is 17.8. The predicted octanol–water partition coefficient (Wildman–Crippen LogP) is 2.93. The first-order chi connectivity index (χ1) is 14.6. The van der Waals surface area contributed by atoms with Crippen LogP contribution in [0.3, 0.4) is 0 Å². The Kier molecular flexibility index (Phi) is 6.61. The summed E-state index contributed by atoms with van der Waals surface area (Å²) < 4.78 is 40.4. The molecular formula is C20H28F3N7O. The minimum absolute atomic E-state index is 0.0220. The minimum atomic E-state index is -4.18. The topological polar surface area (TPSA) is 101 Å². The van der Waals surface area contributed by atoms with Crippen molar-refractivity contribution in [2.24, 2.45) is 13.0 Å². The number of nitrogen functional groups attached to an aromatic ring is 1. The van der Waals surface area contributed by atoms with E-state index in [4.69, 9.17) is 5.73 Å². The van der Waals surface area contributed by atoms with Crippen molar-refractivity contribution in [2.45, 2.75) is 44.4 Å². The number of aromatic nitrogens is 3. The molecule has 1 aromatic heterocycles. The number of alkyl halides is 3. The molecule has 1 saturated carbocycles. The van der Waals surface area contributed by atoms with Crippen molar-refractivity contribution in [3.63, 3.8) is 0 Å². The maximum atomic E-state index is 13.1.